The summed E-state index contributed by atoms with van der Waals surface area (Å²) < 4.78 is 2.68. The molecule has 0 saturated heterocycles. The molecule has 0 saturated carbocycles. The van der Waals surface area contributed by atoms with Crippen molar-refractivity contribution < 1.29 is 0 Å². The van der Waals surface area contributed by atoms with Crippen molar-refractivity contribution in [3.8, 4) is 33.4 Å². The number of rotatable bonds is 6. The molecule has 2 heteroatoms. The van der Waals surface area contributed by atoms with Crippen molar-refractivity contribution in [1.82, 2.24) is 0 Å². The van der Waals surface area contributed by atoms with Crippen molar-refractivity contribution in [3.63, 3.8) is 0 Å². The summed E-state index contributed by atoms with van der Waals surface area (Å²) in [6.07, 6.45) is 0. The molecule has 10 aromatic rings. The Morgan fingerprint density at radius 3 is 1.56 bits per heavy atom. The van der Waals surface area contributed by atoms with Gasteiger partial charge in [0.05, 0.1) is 5.69 Å². The van der Waals surface area contributed by atoms with Crippen molar-refractivity contribution in [2.24, 2.45) is 0 Å². The third-order valence-electron chi connectivity index (χ3n) is 10.3. The van der Waals surface area contributed by atoms with E-state index in [1.807, 2.05) is 11.3 Å². The number of hydrogen-bond donors (Lipinski definition) is 0. The first-order valence-corrected chi connectivity index (χ1v) is 18.6. The lowest BCUT2D eigenvalue weighted by atomic mass is 9.97. The molecule has 0 aliphatic heterocycles. The van der Waals surface area contributed by atoms with Crippen LogP contribution in [0.2, 0.25) is 0 Å². The van der Waals surface area contributed by atoms with Crippen LogP contribution in [0.5, 0.6) is 0 Å². The van der Waals surface area contributed by atoms with E-state index in [4.69, 9.17) is 0 Å². The molecule has 0 N–H and O–H groups in total. The van der Waals surface area contributed by atoms with Crippen LogP contribution in [0.1, 0.15) is 0 Å². The number of anilines is 3. The minimum atomic E-state index is 1.11. The van der Waals surface area contributed by atoms with Gasteiger partial charge in [-0.1, -0.05) is 170 Å². The Morgan fingerprint density at radius 1 is 0.288 bits per heavy atom. The number of fused-ring (bicyclic) bond motifs is 6. The maximum Gasteiger partial charge on any atom is 0.0540 e. The minimum absolute atomic E-state index is 1.11. The van der Waals surface area contributed by atoms with E-state index in [1.165, 1.54) is 75.1 Å². The molecule has 1 heterocycles. The highest BCUT2D eigenvalue weighted by atomic mass is 32.1. The fourth-order valence-electron chi connectivity index (χ4n) is 7.77. The first kappa shape index (κ1) is 30.4. The average molecular weight is 680 g/mol. The normalized spacial score (nSPS) is 11.5. The van der Waals surface area contributed by atoms with Crippen LogP contribution in [0, 0.1) is 0 Å². The quantitative estimate of drug-likeness (QED) is 0.169. The van der Waals surface area contributed by atoms with Crippen LogP contribution in [0.15, 0.2) is 200 Å². The SMILES string of the molecule is c1ccc(-c2ccccc2N(c2ccc(-c3cccc4ccccc34)cc2)c2ccc(-c3cccc4c3sc3c5ccccc5ccc43)cc2)cc1. The molecular weight excluding hydrogens is 647 g/mol. The number of thiophene rings is 1. The van der Waals surface area contributed by atoms with Gasteiger partial charge in [0.1, 0.15) is 0 Å². The van der Waals surface area contributed by atoms with Gasteiger partial charge in [-0.25, -0.2) is 0 Å². The van der Waals surface area contributed by atoms with E-state index in [0.29, 0.717) is 0 Å². The van der Waals surface area contributed by atoms with E-state index in [9.17, 15) is 0 Å². The first-order valence-electron chi connectivity index (χ1n) is 17.8. The summed E-state index contributed by atoms with van der Waals surface area (Å²) >= 11 is 1.91. The molecule has 9 aromatic carbocycles. The highest BCUT2D eigenvalue weighted by Gasteiger charge is 2.18. The lowest BCUT2D eigenvalue weighted by molar-refractivity contribution is 1.28. The topological polar surface area (TPSA) is 3.24 Å². The molecule has 0 unspecified atom stereocenters. The van der Waals surface area contributed by atoms with Crippen LogP contribution in [0.4, 0.5) is 17.1 Å². The summed E-state index contributed by atoms with van der Waals surface area (Å²) in [6.45, 7) is 0. The zero-order valence-corrected chi connectivity index (χ0v) is 29.2. The lowest BCUT2D eigenvalue weighted by Gasteiger charge is -2.28. The molecule has 0 amide bonds. The predicted octanol–water partition coefficient (Wildman–Crippen LogP) is 14.8. The number of benzene rings is 9. The fourth-order valence-corrected chi connectivity index (χ4v) is 9.14. The highest BCUT2D eigenvalue weighted by molar-refractivity contribution is 7.27. The van der Waals surface area contributed by atoms with Gasteiger partial charge in [0.15, 0.2) is 0 Å². The van der Waals surface area contributed by atoms with Crippen molar-refractivity contribution >= 4 is 70.1 Å². The molecule has 0 bridgehead atoms. The molecule has 0 aliphatic rings. The maximum absolute atomic E-state index is 2.39. The molecule has 0 aliphatic carbocycles. The van der Waals surface area contributed by atoms with E-state index in [0.717, 1.165) is 17.1 Å². The summed E-state index contributed by atoms with van der Waals surface area (Å²) in [6, 6.07) is 72.7. The average Bonchev–Trinajstić information content (AvgIpc) is 3.62. The zero-order chi connectivity index (χ0) is 34.4. The third-order valence-corrected chi connectivity index (χ3v) is 11.6. The molecule has 0 fully saturated rings. The van der Waals surface area contributed by atoms with E-state index >= 15 is 0 Å². The van der Waals surface area contributed by atoms with Gasteiger partial charge in [0.25, 0.3) is 0 Å². The van der Waals surface area contributed by atoms with E-state index < -0.39 is 0 Å². The minimum Gasteiger partial charge on any atom is -0.310 e. The van der Waals surface area contributed by atoms with E-state index in [-0.39, 0.29) is 0 Å². The van der Waals surface area contributed by atoms with E-state index in [2.05, 4.69) is 205 Å². The lowest BCUT2D eigenvalue weighted by Crippen LogP contribution is -2.11. The summed E-state index contributed by atoms with van der Waals surface area (Å²) in [4.78, 5) is 2.39. The van der Waals surface area contributed by atoms with Gasteiger partial charge in [0, 0.05) is 37.1 Å². The van der Waals surface area contributed by atoms with Crippen LogP contribution in [0.25, 0.3) is 75.1 Å². The van der Waals surface area contributed by atoms with Gasteiger partial charge in [-0.2, -0.15) is 0 Å². The molecule has 52 heavy (non-hydrogen) atoms. The van der Waals surface area contributed by atoms with E-state index in [1.54, 1.807) is 0 Å². The van der Waals surface area contributed by atoms with Gasteiger partial charge >= 0.3 is 0 Å². The smallest absolute Gasteiger partial charge is 0.0540 e. The number of nitrogens with zero attached hydrogens (tertiary/aromatic N) is 1. The molecule has 244 valence electrons. The highest BCUT2D eigenvalue weighted by Crippen LogP contribution is 2.45. The van der Waals surface area contributed by atoms with Gasteiger partial charge < -0.3 is 4.90 Å². The van der Waals surface area contributed by atoms with Crippen molar-refractivity contribution in [3.05, 3.63) is 200 Å². The first-order chi connectivity index (χ1) is 25.8. The molecule has 0 radical (unpaired) electrons. The van der Waals surface area contributed by atoms with Crippen molar-refractivity contribution in [1.29, 1.82) is 0 Å². The second-order valence-electron chi connectivity index (χ2n) is 13.3. The monoisotopic (exact) mass is 679 g/mol. The summed E-state index contributed by atoms with van der Waals surface area (Å²) in [7, 11) is 0. The molecule has 0 spiro atoms. The van der Waals surface area contributed by atoms with Gasteiger partial charge in [-0.3, -0.25) is 0 Å². The number of para-hydroxylation sites is 1. The summed E-state index contributed by atoms with van der Waals surface area (Å²) in [5, 5.41) is 7.77. The van der Waals surface area contributed by atoms with Crippen LogP contribution in [-0.4, -0.2) is 0 Å². The molecule has 0 atom stereocenters. The van der Waals surface area contributed by atoms with Gasteiger partial charge in [-0.15, -0.1) is 11.3 Å². The Bertz CT molecular complexity index is 2880. The molecule has 10 rings (SSSR count). The standard InChI is InChI=1S/C50H33NS/c1-2-12-35(13-3-1)43-18-8-9-23-48(43)51(39-29-24-37(25-30-39)42-20-10-16-34-14-4-6-17-41(34)42)40-31-26-38(27-32-40)45-21-11-22-46-47-33-28-36-15-5-7-19-44(36)50(47)52-49(45)46/h1-33H. The maximum atomic E-state index is 2.39. The second kappa shape index (κ2) is 12.7. The van der Waals surface area contributed by atoms with Crippen LogP contribution >= 0.6 is 11.3 Å². The summed E-state index contributed by atoms with van der Waals surface area (Å²) in [5.74, 6) is 0. The third kappa shape index (κ3) is 5.16. The summed E-state index contributed by atoms with van der Waals surface area (Å²) in [5.41, 5.74) is 10.7. The molecule has 1 nitrogen and oxygen atoms in total. The Morgan fingerprint density at radius 2 is 0.788 bits per heavy atom. The Labute approximate surface area is 307 Å². The Hall–Kier alpha value is -6.48. The van der Waals surface area contributed by atoms with Crippen LogP contribution < -0.4 is 4.90 Å². The second-order valence-corrected chi connectivity index (χ2v) is 14.3. The predicted molar refractivity (Wildman–Crippen MR) is 225 cm³/mol. The largest absolute Gasteiger partial charge is 0.310 e. The van der Waals surface area contributed by atoms with Crippen molar-refractivity contribution in [2.45, 2.75) is 0 Å². The Kier molecular flexibility index (Phi) is 7.41. The zero-order valence-electron chi connectivity index (χ0n) is 28.4. The van der Waals surface area contributed by atoms with Crippen LogP contribution in [-0.2, 0) is 0 Å². The fraction of sp³-hybridized carbons (Fsp3) is 0. The Balaban J connectivity index is 1.10. The van der Waals surface area contributed by atoms with Crippen molar-refractivity contribution in [2.75, 3.05) is 4.90 Å². The number of hydrogen-bond acceptors (Lipinski definition) is 2. The molecule has 1 aromatic heterocycles. The van der Waals surface area contributed by atoms with Gasteiger partial charge in [-0.05, 0) is 79.7 Å². The van der Waals surface area contributed by atoms with Gasteiger partial charge in [0.2, 0.25) is 0 Å². The van der Waals surface area contributed by atoms with Crippen LogP contribution in [0.3, 0.4) is 0 Å². The molecular formula is C50H33NS.